The molecule has 0 unspecified atom stereocenters. The van der Waals surface area contributed by atoms with Gasteiger partial charge < -0.3 is 5.43 Å². The zero-order valence-electron chi connectivity index (χ0n) is 10.6. The van der Waals surface area contributed by atoms with Gasteiger partial charge in [-0.15, -0.1) is 0 Å². The predicted molar refractivity (Wildman–Crippen MR) is 67.2 cm³/mol. The molecular formula is C13H16N4O. The fourth-order valence-electron chi connectivity index (χ4n) is 2.53. The molecule has 1 amide bonds. The maximum Gasteiger partial charge on any atom is 0.268 e. The van der Waals surface area contributed by atoms with Gasteiger partial charge in [0.05, 0.1) is 11.9 Å². The molecule has 0 radical (unpaired) electrons. The lowest BCUT2D eigenvalue weighted by atomic mass is 10.1. The minimum absolute atomic E-state index is 0.0745. The van der Waals surface area contributed by atoms with Crippen LogP contribution in [0.3, 0.4) is 0 Å². The van der Waals surface area contributed by atoms with Crippen molar-refractivity contribution in [1.29, 1.82) is 0 Å². The van der Waals surface area contributed by atoms with Crippen molar-refractivity contribution < 1.29 is 4.79 Å². The van der Waals surface area contributed by atoms with Gasteiger partial charge >= 0.3 is 0 Å². The van der Waals surface area contributed by atoms with Gasteiger partial charge in [-0.05, 0) is 18.8 Å². The third kappa shape index (κ3) is 1.66. The topological polar surface area (TPSA) is 58.1 Å². The predicted octanol–water partition coefficient (Wildman–Crippen LogP) is -0.686. The number of hydrogen-bond donors (Lipinski definition) is 1. The summed E-state index contributed by atoms with van der Waals surface area (Å²) in [5.41, 5.74) is 4.90. The molecule has 0 bridgehead atoms. The van der Waals surface area contributed by atoms with Crippen molar-refractivity contribution in [2.45, 2.75) is 26.7 Å². The quantitative estimate of drug-likeness (QED) is 0.748. The first-order valence-electron chi connectivity index (χ1n) is 6.29. The Labute approximate surface area is 105 Å². The standard InChI is InChI=1S/C13H16N4O/c1-8(2)7-17-13(18)10-3-4-11-12(10)9(6-15-17)5-14-16-11/h5-6,8,15H,3-4,7H2,1-2H3. The van der Waals surface area contributed by atoms with E-state index in [0.29, 0.717) is 12.5 Å². The number of hydrazine groups is 1. The molecule has 1 aromatic rings. The van der Waals surface area contributed by atoms with Gasteiger partial charge in [0, 0.05) is 28.8 Å². The molecule has 0 spiro atoms. The SMILES string of the molecule is CC(C)CN1NC=c2cnnc3c2=C(CC3)C1=O. The summed E-state index contributed by atoms with van der Waals surface area (Å²) in [4.78, 5) is 12.5. The van der Waals surface area contributed by atoms with Crippen molar-refractivity contribution in [1.82, 2.24) is 20.6 Å². The Bertz CT molecular complexity index is 620. The summed E-state index contributed by atoms with van der Waals surface area (Å²) < 4.78 is 0. The first-order valence-corrected chi connectivity index (χ1v) is 6.29. The van der Waals surface area contributed by atoms with E-state index in [4.69, 9.17) is 0 Å². The van der Waals surface area contributed by atoms with Gasteiger partial charge in [-0.25, -0.2) is 0 Å². The van der Waals surface area contributed by atoms with E-state index in [2.05, 4.69) is 29.5 Å². The molecule has 2 heterocycles. The number of aromatic nitrogens is 2. The molecule has 94 valence electrons. The second-order valence-electron chi connectivity index (χ2n) is 5.18. The molecule has 18 heavy (non-hydrogen) atoms. The van der Waals surface area contributed by atoms with Crippen LogP contribution in [-0.4, -0.2) is 27.7 Å². The van der Waals surface area contributed by atoms with Gasteiger partial charge in [0.15, 0.2) is 0 Å². The van der Waals surface area contributed by atoms with Gasteiger partial charge in [-0.1, -0.05) is 13.8 Å². The minimum atomic E-state index is 0.0745. The van der Waals surface area contributed by atoms with Crippen LogP contribution in [0.5, 0.6) is 0 Å². The van der Waals surface area contributed by atoms with E-state index < -0.39 is 0 Å². The fourth-order valence-corrected chi connectivity index (χ4v) is 2.53. The summed E-state index contributed by atoms with van der Waals surface area (Å²) in [6, 6.07) is 0. The van der Waals surface area contributed by atoms with Crippen LogP contribution < -0.4 is 15.9 Å². The van der Waals surface area contributed by atoms with Crippen molar-refractivity contribution >= 4 is 17.7 Å². The lowest BCUT2D eigenvalue weighted by Gasteiger charge is -2.23. The molecule has 5 heteroatoms. The van der Waals surface area contributed by atoms with E-state index in [1.165, 1.54) is 0 Å². The van der Waals surface area contributed by atoms with Crippen LogP contribution in [0.25, 0.3) is 11.8 Å². The molecule has 2 aliphatic rings. The summed E-state index contributed by atoms with van der Waals surface area (Å²) >= 11 is 0. The monoisotopic (exact) mass is 244 g/mol. The summed E-state index contributed by atoms with van der Waals surface area (Å²) in [6.45, 7) is 4.89. The van der Waals surface area contributed by atoms with Crippen molar-refractivity contribution in [3.63, 3.8) is 0 Å². The van der Waals surface area contributed by atoms with E-state index in [0.717, 1.165) is 34.5 Å². The summed E-state index contributed by atoms with van der Waals surface area (Å²) in [5, 5.41) is 11.8. The van der Waals surface area contributed by atoms with Crippen molar-refractivity contribution in [2.75, 3.05) is 6.54 Å². The number of carbonyl (C=O) groups excluding carboxylic acids is 1. The lowest BCUT2D eigenvalue weighted by Crippen LogP contribution is -2.42. The van der Waals surface area contributed by atoms with Gasteiger partial charge in [0.1, 0.15) is 0 Å². The third-order valence-corrected chi connectivity index (χ3v) is 3.29. The highest BCUT2D eigenvalue weighted by Crippen LogP contribution is 2.15. The number of nitrogens with one attached hydrogen (secondary N) is 1. The molecule has 0 saturated heterocycles. The van der Waals surface area contributed by atoms with Gasteiger partial charge in [-0.3, -0.25) is 9.80 Å². The maximum absolute atomic E-state index is 12.5. The molecule has 1 N–H and O–H groups in total. The molecule has 5 nitrogen and oxygen atoms in total. The Morgan fingerprint density at radius 3 is 3.06 bits per heavy atom. The van der Waals surface area contributed by atoms with Crippen LogP contribution in [0, 0.1) is 5.92 Å². The number of hydrogen-bond acceptors (Lipinski definition) is 4. The molecule has 0 atom stereocenters. The average Bonchev–Trinajstić information content (AvgIpc) is 2.72. The number of nitrogens with zero attached hydrogens (tertiary/aromatic N) is 3. The van der Waals surface area contributed by atoms with E-state index >= 15 is 0 Å². The Balaban J connectivity index is 2.14. The molecule has 1 aliphatic heterocycles. The fraction of sp³-hybridized carbons (Fsp3) is 0.462. The van der Waals surface area contributed by atoms with Gasteiger partial charge in [-0.2, -0.15) is 10.2 Å². The van der Waals surface area contributed by atoms with Crippen LogP contribution in [0.15, 0.2) is 6.20 Å². The third-order valence-electron chi connectivity index (χ3n) is 3.29. The van der Waals surface area contributed by atoms with Crippen molar-refractivity contribution in [2.24, 2.45) is 5.92 Å². The van der Waals surface area contributed by atoms with E-state index in [1.807, 2.05) is 6.20 Å². The van der Waals surface area contributed by atoms with Gasteiger partial charge in [0.25, 0.3) is 5.91 Å². The number of carbonyl (C=O) groups is 1. The zero-order valence-corrected chi connectivity index (χ0v) is 10.6. The van der Waals surface area contributed by atoms with Crippen LogP contribution in [0.2, 0.25) is 0 Å². The second kappa shape index (κ2) is 4.08. The molecule has 1 aliphatic carbocycles. The summed E-state index contributed by atoms with van der Waals surface area (Å²) in [6.07, 6.45) is 5.15. The molecule has 0 fully saturated rings. The molecule has 0 saturated carbocycles. The highest BCUT2D eigenvalue weighted by molar-refractivity contribution is 6.14. The normalized spacial score (nSPS) is 17.4. The minimum Gasteiger partial charge on any atom is -0.302 e. The zero-order chi connectivity index (χ0) is 12.7. The Morgan fingerprint density at radius 2 is 2.28 bits per heavy atom. The number of aryl methyl sites for hydroxylation is 1. The average molecular weight is 244 g/mol. The van der Waals surface area contributed by atoms with Crippen LogP contribution in [0.1, 0.15) is 26.0 Å². The Morgan fingerprint density at radius 1 is 1.44 bits per heavy atom. The first-order chi connectivity index (χ1) is 8.66. The lowest BCUT2D eigenvalue weighted by molar-refractivity contribution is -0.127. The largest absolute Gasteiger partial charge is 0.302 e. The molecule has 1 aromatic heterocycles. The second-order valence-corrected chi connectivity index (χ2v) is 5.18. The van der Waals surface area contributed by atoms with Crippen LogP contribution >= 0.6 is 0 Å². The molecule has 0 aromatic carbocycles. The highest BCUT2D eigenvalue weighted by atomic mass is 16.2. The van der Waals surface area contributed by atoms with E-state index in [1.54, 1.807) is 11.2 Å². The molecule has 3 rings (SSSR count). The Kier molecular flexibility index (Phi) is 2.54. The van der Waals surface area contributed by atoms with E-state index in [-0.39, 0.29) is 5.91 Å². The number of rotatable bonds is 2. The van der Waals surface area contributed by atoms with E-state index in [9.17, 15) is 4.79 Å². The van der Waals surface area contributed by atoms with Crippen molar-refractivity contribution in [3.8, 4) is 0 Å². The smallest absolute Gasteiger partial charge is 0.268 e. The molecular weight excluding hydrogens is 228 g/mol. The highest BCUT2D eigenvalue weighted by Gasteiger charge is 2.26. The van der Waals surface area contributed by atoms with Gasteiger partial charge in [0.2, 0.25) is 0 Å². The number of amides is 1. The summed E-state index contributed by atoms with van der Waals surface area (Å²) in [5.74, 6) is 0.499. The Hall–Kier alpha value is -1.91. The van der Waals surface area contributed by atoms with Crippen molar-refractivity contribution in [3.05, 3.63) is 22.3 Å². The van der Waals surface area contributed by atoms with Crippen LogP contribution in [-0.2, 0) is 11.2 Å². The first kappa shape index (κ1) is 11.2. The summed E-state index contributed by atoms with van der Waals surface area (Å²) in [7, 11) is 0. The maximum atomic E-state index is 12.5. The van der Waals surface area contributed by atoms with Crippen LogP contribution in [0.4, 0.5) is 0 Å².